The Morgan fingerprint density at radius 1 is 1.12 bits per heavy atom. The third kappa shape index (κ3) is 2.89. The van der Waals surface area contributed by atoms with Gasteiger partial charge in [-0.1, -0.05) is 18.2 Å². The van der Waals surface area contributed by atoms with Gasteiger partial charge in [-0.3, -0.25) is 19.7 Å². The SMILES string of the molecule is O=C(Nc1cc([N+](=O)[O-])c2[nH]c(=O)c3ccccc3c2c1)C(F)(F)F. The van der Waals surface area contributed by atoms with Crippen molar-refractivity contribution in [3.8, 4) is 0 Å². The third-order valence-electron chi connectivity index (χ3n) is 3.53. The second kappa shape index (κ2) is 5.58. The number of hydrogen-bond acceptors (Lipinski definition) is 4. The number of nitrogens with one attached hydrogen (secondary N) is 2. The number of H-pyrrole nitrogens is 1. The molecule has 2 aromatic carbocycles. The fourth-order valence-corrected chi connectivity index (χ4v) is 2.49. The van der Waals surface area contributed by atoms with Gasteiger partial charge < -0.3 is 10.3 Å². The summed E-state index contributed by atoms with van der Waals surface area (Å²) < 4.78 is 37.3. The summed E-state index contributed by atoms with van der Waals surface area (Å²) >= 11 is 0. The number of aromatic amines is 1. The first kappa shape index (κ1) is 16.4. The van der Waals surface area contributed by atoms with Crippen LogP contribution in [0.2, 0.25) is 0 Å². The van der Waals surface area contributed by atoms with Crippen LogP contribution in [0.5, 0.6) is 0 Å². The molecule has 0 radical (unpaired) electrons. The monoisotopic (exact) mass is 351 g/mol. The Morgan fingerprint density at radius 2 is 1.76 bits per heavy atom. The first-order valence-corrected chi connectivity index (χ1v) is 6.80. The van der Waals surface area contributed by atoms with E-state index in [1.807, 2.05) is 0 Å². The number of fused-ring (bicyclic) bond motifs is 3. The molecule has 0 aliphatic heterocycles. The number of carbonyl (C=O) groups excluding carboxylic acids is 1. The summed E-state index contributed by atoms with van der Waals surface area (Å²) in [6, 6.07) is 8.04. The van der Waals surface area contributed by atoms with Crippen molar-refractivity contribution in [2.45, 2.75) is 6.18 Å². The molecule has 0 fully saturated rings. The van der Waals surface area contributed by atoms with E-state index < -0.39 is 33.9 Å². The zero-order chi connectivity index (χ0) is 18.4. The van der Waals surface area contributed by atoms with Crippen LogP contribution >= 0.6 is 0 Å². The lowest BCUT2D eigenvalue weighted by molar-refractivity contribution is -0.383. The van der Waals surface area contributed by atoms with Crippen LogP contribution in [0.15, 0.2) is 41.2 Å². The maximum Gasteiger partial charge on any atom is 0.471 e. The normalized spacial score (nSPS) is 11.6. The number of nitrogens with zero attached hydrogens (tertiary/aromatic N) is 1. The van der Waals surface area contributed by atoms with E-state index in [0.29, 0.717) is 5.39 Å². The maximum atomic E-state index is 12.4. The molecule has 2 N–H and O–H groups in total. The highest BCUT2D eigenvalue weighted by Crippen LogP contribution is 2.32. The van der Waals surface area contributed by atoms with Gasteiger partial charge in [0.1, 0.15) is 5.52 Å². The minimum absolute atomic E-state index is 0.140. The number of nitro groups is 1. The van der Waals surface area contributed by atoms with Crippen molar-refractivity contribution in [2.75, 3.05) is 5.32 Å². The van der Waals surface area contributed by atoms with E-state index >= 15 is 0 Å². The molecule has 1 amide bonds. The zero-order valence-electron chi connectivity index (χ0n) is 12.2. The number of hydrogen-bond donors (Lipinski definition) is 2. The van der Waals surface area contributed by atoms with E-state index in [-0.39, 0.29) is 16.3 Å². The van der Waals surface area contributed by atoms with Crippen LogP contribution < -0.4 is 10.9 Å². The minimum Gasteiger partial charge on any atom is -0.318 e. The summed E-state index contributed by atoms with van der Waals surface area (Å²) in [7, 11) is 0. The molecule has 0 saturated carbocycles. The molecule has 0 saturated heterocycles. The fraction of sp³-hybridized carbons (Fsp3) is 0.0667. The third-order valence-corrected chi connectivity index (χ3v) is 3.53. The van der Waals surface area contributed by atoms with Crippen molar-refractivity contribution in [2.24, 2.45) is 0 Å². The molecule has 3 aromatic rings. The Labute approximate surface area is 136 Å². The number of pyridine rings is 1. The van der Waals surface area contributed by atoms with Gasteiger partial charge in [-0.2, -0.15) is 13.2 Å². The van der Waals surface area contributed by atoms with Gasteiger partial charge >= 0.3 is 12.1 Å². The summed E-state index contributed by atoms with van der Waals surface area (Å²) in [6.07, 6.45) is -5.14. The summed E-state index contributed by atoms with van der Waals surface area (Å²) in [5.74, 6) is -2.25. The highest BCUT2D eigenvalue weighted by molar-refractivity contribution is 6.10. The summed E-state index contributed by atoms with van der Waals surface area (Å²) in [5, 5.41) is 13.5. The van der Waals surface area contributed by atoms with Crippen LogP contribution in [0.25, 0.3) is 21.7 Å². The molecule has 1 aromatic heterocycles. The first-order chi connectivity index (χ1) is 11.7. The Kier molecular flexibility index (Phi) is 3.67. The van der Waals surface area contributed by atoms with Gasteiger partial charge in [-0.25, -0.2) is 0 Å². The van der Waals surface area contributed by atoms with Crippen LogP contribution in [-0.4, -0.2) is 22.0 Å². The zero-order valence-corrected chi connectivity index (χ0v) is 12.2. The maximum absolute atomic E-state index is 12.4. The lowest BCUT2D eigenvalue weighted by atomic mass is 10.0. The molecular weight excluding hydrogens is 343 g/mol. The van der Waals surface area contributed by atoms with Crippen molar-refractivity contribution in [1.29, 1.82) is 0 Å². The van der Waals surface area contributed by atoms with Gasteiger partial charge in [0.25, 0.3) is 11.2 Å². The van der Waals surface area contributed by atoms with Gasteiger partial charge in [0.2, 0.25) is 0 Å². The number of amides is 1. The van der Waals surface area contributed by atoms with Crippen LogP contribution in [0.4, 0.5) is 24.5 Å². The van der Waals surface area contributed by atoms with Gasteiger partial charge in [0, 0.05) is 22.5 Å². The molecule has 0 bridgehead atoms. The lowest BCUT2D eigenvalue weighted by Gasteiger charge is -2.10. The smallest absolute Gasteiger partial charge is 0.318 e. The second-order valence-corrected chi connectivity index (χ2v) is 5.13. The number of aromatic nitrogens is 1. The Balaban J connectivity index is 2.33. The molecule has 7 nitrogen and oxygen atoms in total. The minimum atomic E-state index is -5.14. The summed E-state index contributed by atoms with van der Waals surface area (Å²) in [5.41, 5.74) is -1.74. The molecule has 1 heterocycles. The molecule has 0 atom stereocenters. The summed E-state index contributed by atoms with van der Waals surface area (Å²) in [6.45, 7) is 0. The van der Waals surface area contributed by atoms with Crippen LogP contribution in [-0.2, 0) is 4.79 Å². The number of benzene rings is 2. The number of halogens is 3. The molecular formula is C15H8F3N3O4. The lowest BCUT2D eigenvalue weighted by Crippen LogP contribution is -2.29. The van der Waals surface area contributed by atoms with Gasteiger partial charge in [-0.05, 0) is 17.5 Å². The fourth-order valence-electron chi connectivity index (χ4n) is 2.49. The van der Waals surface area contributed by atoms with Gasteiger partial charge in [-0.15, -0.1) is 0 Å². The van der Waals surface area contributed by atoms with E-state index in [1.54, 1.807) is 17.4 Å². The van der Waals surface area contributed by atoms with Crippen LogP contribution in [0, 0.1) is 10.1 Å². The highest BCUT2D eigenvalue weighted by Gasteiger charge is 2.39. The molecule has 0 aliphatic rings. The summed E-state index contributed by atoms with van der Waals surface area (Å²) in [4.78, 5) is 35.9. The predicted molar refractivity (Wildman–Crippen MR) is 83.4 cm³/mol. The van der Waals surface area contributed by atoms with Crippen molar-refractivity contribution in [3.63, 3.8) is 0 Å². The van der Waals surface area contributed by atoms with Crippen molar-refractivity contribution in [3.05, 3.63) is 56.9 Å². The number of anilines is 1. The average Bonchev–Trinajstić information content (AvgIpc) is 2.54. The Hall–Kier alpha value is -3.43. The molecule has 128 valence electrons. The number of non-ortho nitro benzene ring substituents is 1. The predicted octanol–water partition coefficient (Wildman–Crippen LogP) is 3.09. The van der Waals surface area contributed by atoms with E-state index in [2.05, 4.69) is 4.98 Å². The molecule has 25 heavy (non-hydrogen) atoms. The topological polar surface area (TPSA) is 105 Å². The second-order valence-electron chi connectivity index (χ2n) is 5.13. The van der Waals surface area contributed by atoms with E-state index in [1.165, 1.54) is 12.1 Å². The van der Waals surface area contributed by atoms with Crippen LogP contribution in [0.3, 0.4) is 0 Å². The molecule has 10 heteroatoms. The van der Waals surface area contributed by atoms with E-state index in [4.69, 9.17) is 0 Å². The standard InChI is InChI=1S/C15H8F3N3O4/c16-15(17,18)14(23)19-7-5-10-8-3-1-2-4-9(8)13(22)20-12(10)11(6-7)21(24)25/h1-6H,(H,19,23)(H,20,22). The van der Waals surface area contributed by atoms with Crippen molar-refractivity contribution >= 4 is 39.0 Å². The first-order valence-electron chi connectivity index (χ1n) is 6.80. The highest BCUT2D eigenvalue weighted by atomic mass is 19.4. The van der Waals surface area contributed by atoms with Crippen LogP contribution in [0.1, 0.15) is 0 Å². The van der Waals surface area contributed by atoms with Gasteiger partial charge in [0.15, 0.2) is 0 Å². The average molecular weight is 351 g/mol. The Morgan fingerprint density at radius 3 is 2.36 bits per heavy atom. The molecule has 0 aliphatic carbocycles. The molecule has 0 unspecified atom stereocenters. The van der Waals surface area contributed by atoms with E-state index in [0.717, 1.165) is 12.1 Å². The number of nitro benzene ring substituents is 1. The number of carbonyl (C=O) groups is 1. The number of rotatable bonds is 2. The number of alkyl halides is 3. The quantitative estimate of drug-likeness (QED) is 0.420. The van der Waals surface area contributed by atoms with E-state index in [9.17, 15) is 32.9 Å². The largest absolute Gasteiger partial charge is 0.471 e. The van der Waals surface area contributed by atoms with Crippen molar-refractivity contribution in [1.82, 2.24) is 4.98 Å². The van der Waals surface area contributed by atoms with Gasteiger partial charge in [0.05, 0.1) is 4.92 Å². The molecule has 0 spiro atoms. The van der Waals surface area contributed by atoms with Crippen molar-refractivity contribution < 1.29 is 22.9 Å². The molecule has 3 rings (SSSR count). The Bertz CT molecular complexity index is 1090.